The molecule has 3 aromatic rings. The summed E-state index contributed by atoms with van der Waals surface area (Å²) in [7, 11) is 3.13. The first kappa shape index (κ1) is 25.8. The Balaban J connectivity index is 1.46. The van der Waals surface area contributed by atoms with Gasteiger partial charge in [-0.05, 0) is 31.4 Å². The van der Waals surface area contributed by atoms with Crippen LogP contribution in [0.3, 0.4) is 0 Å². The molecular weight excluding hydrogens is 494 g/mol. The quantitative estimate of drug-likeness (QED) is 0.426. The van der Waals surface area contributed by atoms with Crippen LogP contribution < -0.4 is 16.1 Å². The zero-order chi connectivity index (χ0) is 27.0. The number of nitrogens with zero attached hydrogens (tertiary/aromatic N) is 6. The maximum absolute atomic E-state index is 13.1. The summed E-state index contributed by atoms with van der Waals surface area (Å²) in [4.78, 5) is 65.9. The lowest BCUT2D eigenvalue weighted by Gasteiger charge is -2.33. The number of pyridine rings is 1. The lowest BCUT2D eigenvalue weighted by Crippen LogP contribution is -2.50. The van der Waals surface area contributed by atoms with Crippen LogP contribution in [0.25, 0.3) is 22.6 Å². The van der Waals surface area contributed by atoms with Gasteiger partial charge in [-0.15, -0.1) is 0 Å². The highest BCUT2D eigenvalue weighted by molar-refractivity contribution is 5.93. The molecule has 13 heteroatoms. The van der Waals surface area contributed by atoms with Crippen molar-refractivity contribution < 1.29 is 19.1 Å². The van der Waals surface area contributed by atoms with Crippen LogP contribution in [0.4, 0.5) is 5.82 Å². The Labute approximate surface area is 218 Å². The van der Waals surface area contributed by atoms with E-state index in [1.165, 1.54) is 16.6 Å². The molecule has 3 aromatic heterocycles. The molecule has 2 fully saturated rings. The number of nitrogens with one attached hydrogen (secondary N) is 1. The highest BCUT2D eigenvalue weighted by Gasteiger charge is 2.31. The molecule has 1 aliphatic heterocycles. The number of carbonyl (C=O) groups is 2. The van der Waals surface area contributed by atoms with E-state index in [4.69, 9.17) is 9.47 Å². The van der Waals surface area contributed by atoms with Crippen LogP contribution >= 0.6 is 0 Å². The highest BCUT2D eigenvalue weighted by atomic mass is 16.5. The standard InChI is InChI=1S/C25H31N7O6/c1-4-9-30-24(35)21-23(32(25(30)36)16-6-7-16)28-22(27-21)15-5-8-18(26-10-15)31(20(34)13-37-3)12-17-11-29(2)19(33)14-38-17/h5,8,10,16-17H,4,6-7,9,11-14H2,1-3H3,(H,27,28). The molecule has 1 saturated carbocycles. The van der Waals surface area contributed by atoms with Crippen LogP contribution in [0.15, 0.2) is 27.9 Å². The number of morpholine rings is 1. The van der Waals surface area contributed by atoms with Gasteiger partial charge in [-0.3, -0.25) is 28.4 Å². The number of ether oxygens (including phenoxy) is 2. The molecule has 1 atom stereocenters. The Morgan fingerprint density at radius 2 is 2.05 bits per heavy atom. The minimum atomic E-state index is -0.389. The first-order chi connectivity index (χ1) is 18.3. The van der Waals surface area contributed by atoms with E-state index < -0.39 is 0 Å². The van der Waals surface area contributed by atoms with Crippen molar-refractivity contribution in [2.24, 2.45) is 0 Å². The maximum atomic E-state index is 13.1. The van der Waals surface area contributed by atoms with Gasteiger partial charge in [0.1, 0.15) is 30.4 Å². The largest absolute Gasteiger partial charge is 0.375 e. The first-order valence-electron chi connectivity index (χ1n) is 12.7. The third-order valence-electron chi connectivity index (χ3n) is 6.77. The van der Waals surface area contributed by atoms with E-state index >= 15 is 0 Å². The van der Waals surface area contributed by atoms with Crippen molar-refractivity contribution in [3.63, 3.8) is 0 Å². The Hall–Kier alpha value is -3.84. The molecule has 13 nitrogen and oxygen atoms in total. The third kappa shape index (κ3) is 4.86. The molecule has 1 aliphatic carbocycles. The van der Waals surface area contributed by atoms with Gasteiger partial charge in [-0.2, -0.15) is 0 Å². The Morgan fingerprint density at radius 3 is 2.68 bits per heavy atom. The average molecular weight is 526 g/mol. The van der Waals surface area contributed by atoms with E-state index in [-0.39, 0.29) is 60.5 Å². The van der Waals surface area contributed by atoms with Crippen molar-refractivity contribution in [3.05, 3.63) is 39.2 Å². The van der Waals surface area contributed by atoms with E-state index in [2.05, 4.69) is 15.0 Å². The van der Waals surface area contributed by atoms with E-state index in [0.717, 1.165) is 12.8 Å². The summed E-state index contributed by atoms with van der Waals surface area (Å²) in [6, 6.07) is 3.47. The monoisotopic (exact) mass is 525 g/mol. The van der Waals surface area contributed by atoms with Crippen molar-refractivity contribution in [1.82, 2.24) is 29.0 Å². The van der Waals surface area contributed by atoms with Crippen LogP contribution in [0.1, 0.15) is 32.2 Å². The summed E-state index contributed by atoms with van der Waals surface area (Å²) in [5.74, 6) is 0.377. The van der Waals surface area contributed by atoms with Crippen molar-refractivity contribution in [2.75, 3.05) is 45.4 Å². The molecule has 2 amide bonds. The maximum Gasteiger partial charge on any atom is 0.332 e. The molecule has 4 heterocycles. The molecule has 1 N–H and O–H groups in total. The number of carbonyl (C=O) groups excluding carboxylic acids is 2. The third-order valence-corrected chi connectivity index (χ3v) is 6.77. The lowest BCUT2D eigenvalue weighted by atomic mass is 10.2. The Bertz CT molecular complexity index is 1470. The Kier molecular flexibility index (Phi) is 7.13. The van der Waals surface area contributed by atoms with Gasteiger partial charge in [-0.1, -0.05) is 6.92 Å². The average Bonchev–Trinajstić information content (AvgIpc) is 3.64. The van der Waals surface area contributed by atoms with E-state index in [0.29, 0.717) is 42.4 Å². The number of H-pyrrole nitrogens is 1. The van der Waals surface area contributed by atoms with E-state index in [1.807, 2.05) is 6.92 Å². The lowest BCUT2D eigenvalue weighted by molar-refractivity contribution is -0.146. The topological polar surface area (TPSA) is 145 Å². The second-order valence-corrected chi connectivity index (χ2v) is 9.67. The van der Waals surface area contributed by atoms with Gasteiger partial charge >= 0.3 is 5.69 Å². The number of anilines is 1. The van der Waals surface area contributed by atoms with Crippen molar-refractivity contribution >= 4 is 28.8 Å². The van der Waals surface area contributed by atoms with Crippen molar-refractivity contribution in [1.29, 1.82) is 0 Å². The molecule has 1 saturated heterocycles. The van der Waals surface area contributed by atoms with Gasteiger partial charge in [0.15, 0.2) is 5.65 Å². The summed E-state index contributed by atoms with van der Waals surface area (Å²) in [6.07, 6.45) is 3.59. The molecule has 0 aromatic carbocycles. The number of methoxy groups -OCH3 is 1. The molecule has 202 valence electrons. The summed E-state index contributed by atoms with van der Waals surface area (Å²) in [6.45, 7) is 2.62. The first-order valence-corrected chi connectivity index (χ1v) is 12.7. The van der Waals surface area contributed by atoms with Gasteiger partial charge in [-0.25, -0.2) is 14.8 Å². The SMILES string of the molecule is CCCn1c(=O)c2[nH]c(-c3ccc(N(CC4CN(C)C(=O)CO4)C(=O)COC)nc3)nc2n(C2CC2)c1=O. The molecular formula is C25H31N7O6. The molecule has 2 aliphatic rings. The normalized spacial score (nSPS) is 17.8. The number of hydrogen-bond acceptors (Lipinski definition) is 8. The zero-order valence-electron chi connectivity index (χ0n) is 21.7. The molecule has 0 bridgehead atoms. The second-order valence-electron chi connectivity index (χ2n) is 9.67. The molecule has 5 rings (SSSR count). The molecule has 38 heavy (non-hydrogen) atoms. The zero-order valence-corrected chi connectivity index (χ0v) is 21.7. The summed E-state index contributed by atoms with van der Waals surface area (Å²) < 4.78 is 13.5. The highest BCUT2D eigenvalue weighted by Crippen LogP contribution is 2.35. The number of amides is 2. The fourth-order valence-electron chi connectivity index (χ4n) is 4.63. The Morgan fingerprint density at radius 1 is 1.26 bits per heavy atom. The fraction of sp³-hybridized carbons (Fsp3) is 0.520. The van der Waals surface area contributed by atoms with Crippen LogP contribution in [-0.4, -0.2) is 87.4 Å². The molecule has 0 radical (unpaired) electrons. The number of hydrogen-bond donors (Lipinski definition) is 1. The predicted molar refractivity (Wildman–Crippen MR) is 138 cm³/mol. The molecule has 1 unspecified atom stereocenters. The summed E-state index contributed by atoms with van der Waals surface area (Å²) in [5.41, 5.74) is 0.509. The van der Waals surface area contributed by atoms with Gasteiger partial charge in [0.25, 0.3) is 11.5 Å². The van der Waals surface area contributed by atoms with Gasteiger partial charge < -0.3 is 19.4 Å². The number of rotatable bonds is 9. The van der Waals surface area contributed by atoms with Crippen molar-refractivity contribution in [3.8, 4) is 11.4 Å². The van der Waals surface area contributed by atoms with Crippen LogP contribution in [0.5, 0.6) is 0 Å². The van der Waals surface area contributed by atoms with E-state index in [9.17, 15) is 19.2 Å². The van der Waals surface area contributed by atoms with Gasteiger partial charge in [0.2, 0.25) is 5.91 Å². The number of aromatic amines is 1. The predicted octanol–water partition coefficient (Wildman–Crippen LogP) is 0.530. The molecule has 0 spiro atoms. The number of aromatic nitrogens is 5. The summed E-state index contributed by atoms with van der Waals surface area (Å²) in [5, 5.41) is 0. The van der Waals surface area contributed by atoms with Gasteiger partial charge in [0, 0.05) is 45.0 Å². The second kappa shape index (κ2) is 10.5. The summed E-state index contributed by atoms with van der Waals surface area (Å²) >= 11 is 0. The smallest absolute Gasteiger partial charge is 0.332 e. The minimum absolute atomic E-state index is 0.0436. The van der Waals surface area contributed by atoms with Crippen LogP contribution in [0, 0.1) is 0 Å². The number of imidazole rings is 1. The van der Waals surface area contributed by atoms with Gasteiger partial charge in [0.05, 0.1) is 12.6 Å². The van der Waals surface area contributed by atoms with Crippen LogP contribution in [-0.2, 0) is 25.6 Å². The number of fused-ring (bicyclic) bond motifs is 1. The van der Waals surface area contributed by atoms with E-state index in [1.54, 1.807) is 34.8 Å². The van der Waals surface area contributed by atoms with Crippen molar-refractivity contribution in [2.45, 2.75) is 44.9 Å². The minimum Gasteiger partial charge on any atom is -0.375 e. The van der Waals surface area contributed by atoms with Crippen LogP contribution in [0.2, 0.25) is 0 Å². The fourth-order valence-corrected chi connectivity index (χ4v) is 4.63. The number of likely N-dealkylation sites (N-methyl/N-ethyl adjacent to an activating group) is 1.